The smallest absolute Gasteiger partial charge is 0.128 e. The van der Waals surface area contributed by atoms with Crippen LogP contribution in [0.5, 0.6) is 0 Å². The fraction of sp³-hybridized carbons (Fsp3) is 0.571. The molecule has 2 heterocycles. The van der Waals surface area contributed by atoms with Gasteiger partial charge in [0.05, 0.1) is 0 Å². The summed E-state index contributed by atoms with van der Waals surface area (Å²) < 4.78 is 0. The lowest BCUT2D eigenvalue weighted by molar-refractivity contribution is 0.263. The predicted molar refractivity (Wildman–Crippen MR) is 75.0 cm³/mol. The fourth-order valence-electron chi connectivity index (χ4n) is 2.41. The molecule has 0 aliphatic carbocycles. The maximum atomic E-state index is 7.35. The SMILES string of the molecule is CC(C)(C)C1CCN(c2ccc(C(=N)N)cn2)C1. The lowest BCUT2D eigenvalue weighted by atomic mass is 9.80. The highest BCUT2D eigenvalue weighted by Gasteiger charge is 2.32. The molecule has 1 atom stereocenters. The molecule has 1 aliphatic heterocycles. The quantitative estimate of drug-likeness (QED) is 0.621. The van der Waals surface area contributed by atoms with Crippen molar-refractivity contribution in [2.45, 2.75) is 27.2 Å². The van der Waals surface area contributed by atoms with Gasteiger partial charge in [-0.1, -0.05) is 20.8 Å². The highest BCUT2D eigenvalue weighted by atomic mass is 15.2. The van der Waals surface area contributed by atoms with Crippen LogP contribution in [-0.2, 0) is 0 Å². The maximum Gasteiger partial charge on any atom is 0.128 e. The van der Waals surface area contributed by atoms with Crippen LogP contribution in [0.1, 0.15) is 32.8 Å². The number of anilines is 1. The number of nitrogen functional groups attached to an aromatic ring is 1. The third kappa shape index (κ3) is 2.63. The number of nitrogens with one attached hydrogen (secondary N) is 1. The molecule has 0 bridgehead atoms. The zero-order valence-electron chi connectivity index (χ0n) is 11.4. The summed E-state index contributed by atoms with van der Waals surface area (Å²) in [5.41, 5.74) is 6.47. The number of amidine groups is 1. The van der Waals surface area contributed by atoms with Crippen molar-refractivity contribution in [2.75, 3.05) is 18.0 Å². The molecular weight excluding hydrogens is 224 g/mol. The summed E-state index contributed by atoms with van der Waals surface area (Å²) in [6.45, 7) is 9.03. The van der Waals surface area contributed by atoms with E-state index in [1.54, 1.807) is 6.20 Å². The van der Waals surface area contributed by atoms with Crippen molar-refractivity contribution in [1.29, 1.82) is 5.41 Å². The van der Waals surface area contributed by atoms with Crippen LogP contribution in [0.2, 0.25) is 0 Å². The van der Waals surface area contributed by atoms with Crippen molar-refractivity contribution in [3.05, 3.63) is 23.9 Å². The van der Waals surface area contributed by atoms with Gasteiger partial charge in [-0.2, -0.15) is 0 Å². The molecule has 0 amide bonds. The lowest BCUT2D eigenvalue weighted by Crippen LogP contribution is -2.26. The van der Waals surface area contributed by atoms with E-state index in [9.17, 15) is 0 Å². The summed E-state index contributed by atoms with van der Waals surface area (Å²) in [6, 6.07) is 3.83. The molecule has 1 aromatic rings. The van der Waals surface area contributed by atoms with E-state index in [-0.39, 0.29) is 5.84 Å². The summed E-state index contributed by atoms with van der Waals surface area (Å²) in [6.07, 6.45) is 2.90. The number of hydrogen-bond acceptors (Lipinski definition) is 3. The molecule has 1 aromatic heterocycles. The number of aromatic nitrogens is 1. The second-order valence-electron chi connectivity index (χ2n) is 6.12. The molecule has 0 spiro atoms. The van der Waals surface area contributed by atoms with E-state index >= 15 is 0 Å². The molecule has 1 fully saturated rings. The predicted octanol–water partition coefficient (Wildman–Crippen LogP) is 2.24. The maximum absolute atomic E-state index is 7.35. The van der Waals surface area contributed by atoms with Crippen molar-refractivity contribution in [3.63, 3.8) is 0 Å². The summed E-state index contributed by atoms with van der Waals surface area (Å²) in [4.78, 5) is 6.72. The molecule has 0 saturated carbocycles. The largest absolute Gasteiger partial charge is 0.384 e. The normalized spacial score (nSPS) is 20.2. The Hall–Kier alpha value is -1.58. The molecule has 18 heavy (non-hydrogen) atoms. The first-order valence-electron chi connectivity index (χ1n) is 6.43. The van der Waals surface area contributed by atoms with E-state index in [1.807, 2.05) is 12.1 Å². The van der Waals surface area contributed by atoms with Crippen LogP contribution < -0.4 is 10.6 Å². The van der Waals surface area contributed by atoms with Crippen LogP contribution in [0.25, 0.3) is 0 Å². The van der Waals surface area contributed by atoms with Gasteiger partial charge in [0.15, 0.2) is 0 Å². The molecule has 1 unspecified atom stereocenters. The molecule has 4 heteroatoms. The van der Waals surface area contributed by atoms with Gasteiger partial charge in [-0.05, 0) is 29.9 Å². The molecule has 0 radical (unpaired) electrons. The third-order valence-corrected chi connectivity index (χ3v) is 3.80. The van der Waals surface area contributed by atoms with Crippen molar-refractivity contribution >= 4 is 11.7 Å². The van der Waals surface area contributed by atoms with Gasteiger partial charge in [0.25, 0.3) is 0 Å². The van der Waals surface area contributed by atoms with E-state index in [1.165, 1.54) is 6.42 Å². The van der Waals surface area contributed by atoms with Crippen LogP contribution in [0.4, 0.5) is 5.82 Å². The van der Waals surface area contributed by atoms with Gasteiger partial charge < -0.3 is 10.6 Å². The number of nitrogens with zero attached hydrogens (tertiary/aromatic N) is 2. The monoisotopic (exact) mass is 246 g/mol. The van der Waals surface area contributed by atoms with E-state index in [2.05, 4.69) is 30.7 Å². The first kappa shape index (κ1) is 12.9. The van der Waals surface area contributed by atoms with Crippen molar-refractivity contribution in [1.82, 2.24) is 4.98 Å². The van der Waals surface area contributed by atoms with Gasteiger partial charge in [0.2, 0.25) is 0 Å². The van der Waals surface area contributed by atoms with Gasteiger partial charge in [-0.25, -0.2) is 4.98 Å². The Balaban J connectivity index is 2.08. The highest BCUT2D eigenvalue weighted by Crippen LogP contribution is 2.34. The molecule has 2 rings (SSSR count). The first-order chi connectivity index (χ1) is 8.38. The Kier molecular flexibility index (Phi) is 3.28. The number of nitrogens with two attached hydrogens (primary N) is 1. The van der Waals surface area contributed by atoms with E-state index < -0.39 is 0 Å². The number of hydrogen-bond donors (Lipinski definition) is 2. The second-order valence-corrected chi connectivity index (χ2v) is 6.12. The standard InChI is InChI=1S/C14H22N4/c1-14(2,3)11-6-7-18(9-11)12-5-4-10(8-17-12)13(15)16/h4-5,8,11H,6-7,9H2,1-3H3,(H3,15,16). The van der Waals surface area contributed by atoms with Crippen LogP contribution in [0, 0.1) is 16.7 Å². The van der Waals surface area contributed by atoms with Crippen molar-refractivity contribution < 1.29 is 0 Å². The molecule has 0 aromatic carbocycles. The zero-order chi connectivity index (χ0) is 13.3. The van der Waals surface area contributed by atoms with Crippen molar-refractivity contribution in [2.24, 2.45) is 17.1 Å². The lowest BCUT2D eigenvalue weighted by Gasteiger charge is -2.27. The summed E-state index contributed by atoms with van der Waals surface area (Å²) in [7, 11) is 0. The van der Waals surface area contributed by atoms with E-state index in [0.717, 1.165) is 18.9 Å². The minimum atomic E-state index is 0.0723. The van der Waals surface area contributed by atoms with Gasteiger partial charge in [0.1, 0.15) is 11.7 Å². The average Bonchev–Trinajstić information content (AvgIpc) is 2.78. The van der Waals surface area contributed by atoms with Gasteiger partial charge in [0, 0.05) is 24.8 Å². The van der Waals surface area contributed by atoms with Gasteiger partial charge in [-0.15, -0.1) is 0 Å². The Morgan fingerprint density at radius 1 is 1.44 bits per heavy atom. The molecule has 3 N–H and O–H groups in total. The first-order valence-corrected chi connectivity index (χ1v) is 6.43. The number of pyridine rings is 1. The zero-order valence-corrected chi connectivity index (χ0v) is 11.4. The minimum absolute atomic E-state index is 0.0723. The second kappa shape index (κ2) is 4.59. The average molecular weight is 246 g/mol. The minimum Gasteiger partial charge on any atom is -0.384 e. The Bertz CT molecular complexity index is 430. The molecule has 98 valence electrons. The van der Waals surface area contributed by atoms with Gasteiger partial charge in [-0.3, -0.25) is 5.41 Å². The Labute approximate surface area is 109 Å². The molecule has 1 saturated heterocycles. The molecule has 1 aliphatic rings. The third-order valence-electron chi connectivity index (χ3n) is 3.80. The van der Waals surface area contributed by atoms with E-state index in [0.29, 0.717) is 16.9 Å². The topological polar surface area (TPSA) is 66.0 Å². The summed E-state index contributed by atoms with van der Waals surface area (Å²) in [5.74, 6) is 1.78. The number of rotatable bonds is 2. The van der Waals surface area contributed by atoms with Crippen LogP contribution in [-0.4, -0.2) is 23.9 Å². The fourth-order valence-corrected chi connectivity index (χ4v) is 2.41. The van der Waals surface area contributed by atoms with Crippen molar-refractivity contribution in [3.8, 4) is 0 Å². The van der Waals surface area contributed by atoms with E-state index in [4.69, 9.17) is 11.1 Å². The summed E-state index contributed by atoms with van der Waals surface area (Å²) in [5, 5.41) is 7.35. The molecule has 4 nitrogen and oxygen atoms in total. The van der Waals surface area contributed by atoms with Gasteiger partial charge >= 0.3 is 0 Å². The van der Waals surface area contributed by atoms with Crippen LogP contribution in [0.15, 0.2) is 18.3 Å². The van der Waals surface area contributed by atoms with Crippen LogP contribution in [0.3, 0.4) is 0 Å². The molecular formula is C14H22N4. The highest BCUT2D eigenvalue weighted by molar-refractivity contribution is 5.94. The summed E-state index contributed by atoms with van der Waals surface area (Å²) >= 11 is 0. The van der Waals surface area contributed by atoms with Crippen LogP contribution >= 0.6 is 0 Å². The Morgan fingerprint density at radius 3 is 2.61 bits per heavy atom. The Morgan fingerprint density at radius 2 is 2.17 bits per heavy atom.